The van der Waals surface area contributed by atoms with Gasteiger partial charge in [0.1, 0.15) is 28.5 Å². The van der Waals surface area contributed by atoms with E-state index < -0.39 is 5.82 Å². The van der Waals surface area contributed by atoms with Crippen molar-refractivity contribution in [1.82, 2.24) is 9.78 Å². The van der Waals surface area contributed by atoms with E-state index in [1.54, 1.807) is 12.1 Å². The van der Waals surface area contributed by atoms with Crippen molar-refractivity contribution in [1.29, 1.82) is 0 Å². The highest BCUT2D eigenvalue weighted by molar-refractivity contribution is 5.95. The summed E-state index contributed by atoms with van der Waals surface area (Å²) in [6.45, 7) is -0.0254. The lowest BCUT2D eigenvalue weighted by atomic mass is 10.1. The minimum Gasteiger partial charge on any atom is -0.508 e. The van der Waals surface area contributed by atoms with Crippen molar-refractivity contribution >= 4 is 10.9 Å². The molecule has 0 atom stereocenters. The van der Waals surface area contributed by atoms with E-state index in [0.717, 1.165) is 0 Å². The number of aromatic hydroxyl groups is 2. The zero-order valence-corrected chi connectivity index (χ0v) is 11.0. The normalized spacial score (nSPS) is 11.1. The molecule has 3 rings (SSSR count). The summed E-state index contributed by atoms with van der Waals surface area (Å²) in [5, 5.41) is 33.2. The van der Waals surface area contributed by atoms with Crippen LogP contribution in [0.3, 0.4) is 0 Å². The van der Waals surface area contributed by atoms with Crippen LogP contribution in [0.2, 0.25) is 0 Å². The zero-order valence-electron chi connectivity index (χ0n) is 11.0. The first kappa shape index (κ1) is 13.4. The molecular formula is C15H13FN2O3. The fourth-order valence-electron chi connectivity index (χ4n) is 2.37. The maximum atomic E-state index is 14.0. The monoisotopic (exact) mass is 288 g/mol. The molecular weight excluding hydrogens is 275 g/mol. The molecule has 3 N–H and O–H groups in total. The molecule has 0 aliphatic heterocycles. The SMILES string of the molecule is OCCn1nc(-c2ccc(O)cc2O)c2cccc(F)c21. The van der Waals surface area contributed by atoms with Gasteiger partial charge in [0.05, 0.1) is 13.2 Å². The van der Waals surface area contributed by atoms with E-state index in [1.165, 1.54) is 28.9 Å². The standard InChI is InChI=1S/C15H13FN2O3/c16-12-3-1-2-11-14(17-18(6-7-19)15(11)12)10-5-4-9(20)8-13(10)21/h1-5,8,19-21H,6-7H2. The maximum absolute atomic E-state index is 14.0. The summed E-state index contributed by atoms with van der Waals surface area (Å²) in [5.74, 6) is -0.658. The molecule has 1 heterocycles. The lowest BCUT2D eigenvalue weighted by Crippen LogP contribution is -2.04. The average molecular weight is 288 g/mol. The van der Waals surface area contributed by atoms with Crippen LogP contribution in [0.1, 0.15) is 0 Å². The predicted octanol–water partition coefficient (Wildman–Crippen LogP) is 2.25. The van der Waals surface area contributed by atoms with E-state index in [2.05, 4.69) is 5.10 Å². The lowest BCUT2D eigenvalue weighted by Gasteiger charge is -2.02. The molecule has 5 nitrogen and oxygen atoms in total. The van der Waals surface area contributed by atoms with Crippen molar-refractivity contribution in [2.24, 2.45) is 0 Å². The van der Waals surface area contributed by atoms with Gasteiger partial charge in [0.25, 0.3) is 0 Å². The molecule has 0 radical (unpaired) electrons. The van der Waals surface area contributed by atoms with Crippen molar-refractivity contribution in [3.63, 3.8) is 0 Å². The van der Waals surface area contributed by atoms with Crippen LogP contribution in [-0.4, -0.2) is 31.7 Å². The molecule has 0 spiro atoms. The number of phenols is 2. The van der Waals surface area contributed by atoms with Gasteiger partial charge >= 0.3 is 0 Å². The molecule has 0 saturated carbocycles. The lowest BCUT2D eigenvalue weighted by molar-refractivity contribution is 0.271. The maximum Gasteiger partial charge on any atom is 0.149 e. The van der Waals surface area contributed by atoms with Gasteiger partial charge in [-0.1, -0.05) is 12.1 Å². The molecule has 1 aromatic heterocycles. The van der Waals surface area contributed by atoms with Crippen LogP contribution < -0.4 is 0 Å². The molecule has 2 aromatic carbocycles. The minimum absolute atomic E-state index is 0.0680. The van der Waals surface area contributed by atoms with Gasteiger partial charge in [-0.2, -0.15) is 5.10 Å². The number of rotatable bonds is 3. The summed E-state index contributed by atoms with van der Waals surface area (Å²) < 4.78 is 15.4. The van der Waals surface area contributed by atoms with Crippen LogP contribution in [0.5, 0.6) is 11.5 Å². The van der Waals surface area contributed by atoms with Crippen LogP contribution in [0.4, 0.5) is 4.39 Å². The molecule has 0 fully saturated rings. The fraction of sp³-hybridized carbons (Fsp3) is 0.133. The van der Waals surface area contributed by atoms with Gasteiger partial charge < -0.3 is 15.3 Å². The van der Waals surface area contributed by atoms with Gasteiger partial charge in [0, 0.05) is 17.0 Å². The number of nitrogens with zero attached hydrogens (tertiary/aromatic N) is 2. The van der Waals surface area contributed by atoms with E-state index in [-0.39, 0.29) is 30.2 Å². The van der Waals surface area contributed by atoms with Crippen LogP contribution in [0, 0.1) is 5.82 Å². The van der Waals surface area contributed by atoms with E-state index in [4.69, 9.17) is 5.11 Å². The highest BCUT2D eigenvalue weighted by Gasteiger charge is 2.17. The van der Waals surface area contributed by atoms with E-state index in [9.17, 15) is 14.6 Å². The predicted molar refractivity (Wildman–Crippen MR) is 75.5 cm³/mol. The molecule has 0 amide bonds. The Kier molecular flexibility index (Phi) is 3.23. The Morgan fingerprint density at radius 1 is 1.14 bits per heavy atom. The summed E-state index contributed by atoms with van der Waals surface area (Å²) in [7, 11) is 0. The first-order chi connectivity index (χ1) is 10.1. The second kappa shape index (κ2) is 5.06. The minimum atomic E-state index is -0.446. The van der Waals surface area contributed by atoms with Crippen molar-refractivity contribution in [3.05, 3.63) is 42.2 Å². The van der Waals surface area contributed by atoms with E-state index in [1.807, 2.05) is 0 Å². The summed E-state index contributed by atoms with van der Waals surface area (Å²) in [6.07, 6.45) is 0. The van der Waals surface area contributed by atoms with Gasteiger partial charge in [-0.3, -0.25) is 4.68 Å². The molecule has 3 aromatic rings. The van der Waals surface area contributed by atoms with Crippen LogP contribution in [0.15, 0.2) is 36.4 Å². The number of halogens is 1. The Morgan fingerprint density at radius 2 is 1.95 bits per heavy atom. The highest BCUT2D eigenvalue weighted by atomic mass is 19.1. The number of hydrogen-bond acceptors (Lipinski definition) is 4. The van der Waals surface area contributed by atoms with E-state index in [0.29, 0.717) is 16.6 Å². The third-order valence-corrected chi connectivity index (χ3v) is 3.27. The van der Waals surface area contributed by atoms with Gasteiger partial charge in [-0.25, -0.2) is 4.39 Å². The summed E-state index contributed by atoms with van der Waals surface area (Å²) in [6, 6.07) is 8.71. The fourth-order valence-corrected chi connectivity index (χ4v) is 2.37. The van der Waals surface area contributed by atoms with E-state index >= 15 is 0 Å². The number of fused-ring (bicyclic) bond motifs is 1. The van der Waals surface area contributed by atoms with Crippen LogP contribution >= 0.6 is 0 Å². The molecule has 6 heteroatoms. The Balaban J connectivity index is 2.30. The van der Waals surface area contributed by atoms with Crippen molar-refractivity contribution < 1.29 is 19.7 Å². The summed E-state index contributed by atoms with van der Waals surface area (Å²) in [4.78, 5) is 0. The van der Waals surface area contributed by atoms with Crippen molar-refractivity contribution in [2.75, 3.05) is 6.61 Å². The number of para-hydroxylation sites is 1. The number of benzene rings is 2. The Hall–Kier alpha value is -2.60. The van der Waals surface area contributed by atoms with Gasteiger partial charge in [0.2, 0.25) is 0 Å². The number of aromatic nitrogens is 2. The van der Waals surface area contributed by atoms with Gasteiger partial charge in [-0.05, 0) is 18.2 Å². The molecule has 0 saturated heterocycles. The highest BCUT2D eigenvalue weighted by Crippen LogP contribution is 2.36. The van der Waals surface area contributed by atoms with Crippen molar-refractivity contribution in [2.45, 2.75) is 6.54 Å². The summed E-state index contributed by atoms with van der Waals surface area (Å²) >= 11 is 0. The Morgan fingerprint density at radius 3 is 2.67 bits per heavy atom. The Bertz CT molecular complexity index is 814. The third-order valence-electron chi connectivity index (χ3n) is 3.27. The van der Waals surface area contributed by atoms with Gasteiger partial charge in [0.15, 0.2) is 0 Å². The topological polar surface area (TPSA) is 78.5 Å². The third kappa shape index (κ3) is 2.19. The molecule has 21 heavy (non-hydrogen) atoms. The van der Waals surface area contributed by atoms with Crippen molar-refractivity contribution in [3.8, 4) is 22.8 Å². The smallest absolute Gasteiger partial charge is 0.149 e. The average Bonchev–Trinajstić information content (AvgIpc) is 2.79. The molecule has 0 aliphatic rings. The molecule has 108 valence electrons. The zero-order chi connectivity index (χ0) is 15.0. The van der Waals surface area contributed by atoms with Crippen LogP contribution in [-0.2, 0) is 6.54 Å². The first-order valence-electron chi connectivity index (χ1n) is 6.40. The molecule has 0 bridgehead atoms. The number of hydrogen-bond donors (Lipinski definition) is 3. The van der Waals surface area contributed by atoms with Gasteiger partial charge in [-0.15, -0.1) is 0 Å². The number of phenolic OH excluding ortho intramolecular Hbond substituents is 2. The first-order valence-corrected chi connectivity index (χ1v) is 6.40. The summed E-state index contributed by atoms with van der Waals surface area (Å²) in [5.41, 5.74) is 1.06. The quantitative estimate of drug-likeness (QED) is 0.690. The largest absolute Gasteiger partial charge is 0.508 e. The second-order valence-electron chi connectivity index (χ2n) is 4.63. The molecule has 0 aliphatic carbocycles. The number of aliphatic hydroxyl groups is 1. The second-order valence-corrected chi connectivity index (χ2v) is 4.63. The molecule has 0 unspecified atom stereocenters. The number of aliphatic hydroxyl groups excluding tert-OH is 1. The Labute approximate surface area is 119 Å². The van der Waals surface area contributed by atoms with Crippen LogP contribution in [0.25, 0.3) is 22.2 Å².